The van der Waals surface area contributed by atoms with Gasteiger partial charge in [-0.1, -0.05) is 23.2 Å². The molecule has 1 unspecified atom stereocenters. The molecule has 1 saturated heterocycles. The number of carboxylic acid groups (broad SMARTS) is 1. The lowest BCUT2D eigenvalue weighted by atomic mass is 10.1. The SMILES string of the molecule is O=C1CC(C(=O)Nc2c(Cl)cc(C(=O)O)cc2Cl)CN1. The van der Waals surface area contributed by atoms with Crippen molar-refractivity contribution in [3.8, 4) is 0 Å². The summed E-state index contributed by atoms with van der Waals surface area (Å²) in [6.45, 7) is 0.257. The van der Waals surface area contributed by atoms with Gasteiger partial charge in [0.05, 0.1) is 27.2 Å². The number of nitrogens with one attached hydrogen (secondary N) is 2. The Morgan fingerprint density at radius 1 is 1.30 bits per heavy atom. The van der Waals surface area contributed by atoms with Gasteiger partial charge in [0.2, 0.25) is 11.8 Å². The summed E-state index contributed by atoms with van der Waals surface area (Å²) in [5.74, 6) is -2.25. The molecule has 1 atom stereocenters. The summed E-state index contributed by atoms with van der Waals surface area (Å²) in [5.41, 5.74) is 0.0680. The highest BCUT2D eigenvalue weighted by Gasteiger charge is 2.28. The number of hydrogen-bond donors (Lipinski definition) is 3. The maximum absolute atomic E-state index is 11.9. The monoisotopic (exact) mass is 316 g/mol. The van der Waals surface area contributed by atoms with Crippen LogP contribution in [0.1, 0.15) is 16.8 Å². The van der Waals surface area contributed by atoms with Crippen molar-refractivity contribution in [2.75, 3.05) is 11.9 Å². The van der Waals surface area contributed by atoms with Gasteiger partial charge in [0, 0.05) is 13.0 Å². The number of hydrogen-bond acceptors (Lipinski definition) is 3. The molecule has 1 heterocycles. The Hall–Kier alpha value is -1.79. The van der Waals surface area contributed by atoms with E-state index in [2.05, 4.69) is 10.6 Å². The molecule has 0 aliphatic carbocycles. The zero-order valence-corrected chi connectivity index (χ0v) is 11.6. The van der Waals surface area contributed by atoms with Gasteiger partial charge in [0.25, 0.3) is 0 Å². The summed E-state index contributed by atoms with van der Waals surface area (Å²) in [6, 6.07) is 2.40. The van der Waals surface area contributed by atoms with E-state index in [1.165, 1.54) is 12.1 Å². The summed E-state index contributed by atoms with van der Waals surface area (Å²) in [6.07, 6.45) is 0.105. The first-order valence-corrected chi connectivity index (χ1v) is 6.44. The number of halogens is 2. The molecule has 0 saturated carbocycles. The average molecular weight is 317 g/mol. The standard InChI is InChI=1S/C12H10Cl2N2O4/c13-7-1-5(12(19)20)2-8(14)10(7)16-11(18)6-3-9(17)15-4-6/h1-2,6H,3-4H2,(H,15,17)(H,16,18)(H,19,20). The number of anilines is 1. The first-order chi connectivity index (χ1) is 9.38. The van der Waals surface area contributed by atoms with Gasteiger partial charge in [-0.3, -0.25) is 9.59 Å². The van der Waals surface area contributed by atoms with E-state index < -0.39 is 17.8 Å². The maximum Gasteiger partial charge on any atom is 0.335 e. The molecule has 1 aromatic rings. The highest BCUT2D eigenvalue weighted by atomic mass is 35.5. The topological polar surface area (TPSA) is 95.5 Å². The molecule has 8 heteroatoms. The van der Waals surface area contributed by atoms with Crippen LogP contribution in [-0.2, 0) is 9.59 Å². The molecule has 1 aliphatic heterocycles. The first kappa shape index (κ1) is 14.6. The van der Waals surface area contributed by atoms with Crippen molar-refractivity contribution < 1.29 is 19.5 Å². The Kier molecular flexibility index (Phi) is 4.15. The van der Waals surface area contributed by atoms with E-state index >= 15 is 0 Å². The third-order valence-electron chi connectivity index (χ3n) is 2.89. The molecular formula is C12H10Cl2N2O4. The predicted octanol–water partition coefficient (Wildman–Crippen LogP) is 1.77. The third-order valence-corrected chi connectivity index (χ3v) is 3.48. The summed E-state index contributed by atoms with van der Waals surface area (Å²) in [7, 11) is 0. The molecule has 3 N–H and O–H groups in total. The first-order valence-electron chi connectivity index (χ1n) is 5.68. The van der Waals surface area contributed by atoms with Crippen molar-refractivity contribution in [3.63, 3.8) is 0 Å². The van der Waals surface area contributed by atoms with E-state index in [0.29, 0.717) is 0 Å². The number of carbonyl (C=O) groups is 3. The Balaban J connectivity index is 2.19. The second-order valence-corrected chi connectivity index (χ2v) is 5.13. The van der Waals surface area contributed by atoms with E-state index in [1.807, 2.05) is 0 Å². The highest BCUT2D eigenvalue weighted by molar-refractivity contribution is 6.40. The van der Waals surface area contributed by atoms with Crippen molar-refractivity contribution in [3.05, 3.63) is 27.7 Å². The van der Waals surface area contributed by atoms with Gasteiger partial charge in [-0.2, -0.15) is 0 Å². The Bertz CT molecular complexity index is 580. The number of carboxylic acids is 1. The van der Waals surface area contributed by atoms with Crippen LogP contribution in [0.3, 0.4) is 0 Å². The predicted molar refractivity (Wildman–Crippen MR) is 73.2 cm³/mol. The minimum atomic E-state index is -1.17. The normalized spacial score (nSPS) is 17.7. The highest BCUT2D eigenvalue weighted by Crippen LogP contribution is 2.32. The van der Waals surface area contributed by atoms with Gasteiger partial charge >= 0.3 is 5.97 Å². The van der Waals surface area contributed by atoms with Gasteiger partial charge in [-0.15, -0.1) is 0 Å². The molecule has 0 aromatic heterocycles. The number of rotatable bonds is 3. The Labute approximate surface area is 124 Å². The number of benzene rings is 1. The van der Waals surface area contributed by atoms with Crippen LogP contribution in [0, 0.1) is 5.92 Å². The molecule has 2 rings (SSSR count). The Morgan fingerprint density at radius 3 is 2.35 bits per heavy atom. The lowest BCUT2D eigenvalue weighted by Crippen LogP contribution is -2.25. The molecule has 106 valence electrons. The smallest absolute Gasteiger partial charge is 0.335 e. The average Bonchev–Trinajstić information content (AvgIpc) is 2.80. The van der Waals surface area contributed by atoms with Gasteiger partial charge in [0.1, 0.15) is 0 Å². The fourth-order valence-corrected chi connectivity index (χ4v) is 2.41. The molecule has 2 amide bonds. The van der Waals surface area contributed by atoms with Crippen molar-refractivity contribution in [2.45, 2.75) is 6.42 Å². The molecule has 0 radical (unpaired) electrons. The van der Waals surface area contributed by atoms with Crippen molar-refractivity contribution >= 4 is 46.7 Å². The number of aromatic carboxylic acids is 1. The van der Waals surface area contributed by atoms with E-state index in [-0.39, 0.29) is 40.2 Å². The minimum absolute atomic E-state index is 0.0283. The van der Waals surface area contributed by atoms with E-state index in [4.69, 9.17) is 28.3 Å². The minimum Gasteiger partial charge on any atom is -0.478 e. The van der Waals surface area contributed by atoms with Crippen LogP contribution in [0.15, 0.2) is 12.1 Å². The van der Waals surface area contributed by atoms with E-state index in [0.717, 1.165) is 0 Å². The van der Waals surface area contributed by atoms with Crippen molar-refractivity contribution in [1.82, 2.24) is 5.32 Å². The molecule has 1 fully saturated rings. The number of carbonyl (C=O) groups excluding carboxylic acids is 2. The summed E-state index contributed by atoms with van der Waals surface area (Å²) >= 11 is 11.8. The summed E-state index contributed by atoms with van der Waals surface area (Å²) < 4.78 is 0. The van der Waals surface area contributed by atoms with Crippen LogP contribution in [0.5, 0.6) is 0 Å². The van der Waals surface area contributed by atoms with E-state index in [9.17, 15) is 14.4 Å². The Morgan fingerprint density at radius 2 is 1.90 bits per heavy atom. The molecule has 20 heavy (non-hydrogen) atoms. The van der Waals surface area contributed by atoms with Gasteiger partial charge < -0.3 is 15.7 Å². The molecule has 0 spiro atoms. The van der Waals surface area contributed by atoms with Gasteiger partial charge in [0.15, 0.2) is 0 Å². The second-order valence-electron chi connectivity index (χ2n) is 4.31. The van der Waals surface area contributed by atoms with Crippen molar-refractivity contribution in [1.29, 1.82) is 0 Å². The summed E-state index contributed by atoms with van der Waals surface area (Å²) in [5, 5.41) is 14.0. The molecule has 6 nitrogen and oxygen atoms in total. The van der Waals surface area contributed by atoms with Crippen LogP contribution in [0.4, 0.5) is 5.69 Å². The maximum atomic E-state index is 11.9. The van der Waals surface area contributed by atoms with Crippen LogP contribution in [0.2, 0.25) is 10.0 Å². The fraction of sp³-hybridized carbons (Fsp3) is 0.250. The fourth-order valence-electron chi connectivity index (χ4n) is 1.83. The van der Waals surface area contributed by atoms with Crippen LogP contribution in [0.25, 0.3) is 0 Å². The van der Waals surface area contributed by atoms with Crippen LogP contribution < -0.4 is 10.6 Å². The second kappa shape index (κ2) is 5.68. The molecule has 1 aliphatic rings. The van der Waals surface area contributed by atoms with E-state index in [1.54, 1.807) is 0 Å². The molecular weight excluding hydrogens is 307 g/mol. The largest absolute Gasteiger partial charge is 0.478 e. The third kappa shape index (κ3) is 3.02. The zero-order valence-electron chi connectivity index (χ0n) is 10.1. The molecule has 1 aromatic carbocycles. The number of amides is 2. The van der Waals surface area contributed by atoms with Crippen LogP contribution >= 0.6 is 23.2 Å². The quantitative estimate of drug-likeness (QED) is 0.791. The lowest BCUT2D eigenvalue weighted by molar-refractivity contribution is -0.123. The van der Waals surface area contributed by atoms with Crippen molar-refractivity contribution in [2.24, 2.45) is 5.92 Å². The summed E-state index contributed by atoms with van der Waals surface area (Å²) in [4.78, 5) is 33.8. The lowest BCUT2D eigenvalue weighted by Gasteiger charge is -2.12. The van der Waals surface area contributed by atoms with Crippen LogP contribution in [-0.4, -0.2) is 29.4 Å². The van der Waals surface area contributed by atoms with Gasteiger partial charge in [-0.05, 0) is 12.1 Å². The molecule has 0 bridgehead atoms. The van der Waals surface area contributed by atoms with Gasteiger partial charge in [-0.25, -0.2) is 4.79 Å². The zero-order chi connectivity index (χ0) is 14.9.